The number of amides is 1. The largest absolute Gasteiger partial charge is 0.439 e. The number of carbonyl (C=O) groups excluding carboxylic acids is 1. The van der Waals surface area contributed by atoms with E-state index in [0.29, 0.717) is 22.9 Å². The van der Waals surface area contributed by atoms with Crippen LogP contribution >= 0.6 is 11.3 Å². The van der Waals surface area contributed by atoms with E-state index >= 15 is 0 Å². The van der Waals surface area contributed by atoms with Gasteiger partial charge in [0.05, 0.1) is 5.01 Å². The van der Waals surface area contributed by atoms with Crippen LogP contribution in [-0.4, -0.2) is 15.9 Å². The van der Waals surface area contributed by atoms with Crippen LogP contribution < -0.4 is 10.1 Å². The molecule has 6 heteroatoms. The molecular formula is C26H27N3O2S. The van der Waals surface area contributed by atoms with E-state index in [4.69, 9.17) is 4.74 Å². The van der Waals surface area contributed by atoms with Crippen molar-refractivity contribution in [2.45, 2.75) is 46.5 Å². The van der Waals surface area contributed by atoms with Crippen molar-refractivity contribution in [2.75, 3.05) is 5.32 Å². The van der Waals surface area contributed by atoms with E-state index in [9.17, 15) is 4.79 Å². The number of ether oxygens (including phenoxy) is 1. The lowest BCUT2D eigenvalue weighted by atomic mass is 9.81. The van der Waals surface area contributed by atoms with E-state index in [1.165, 1.54) is 11.3 Å². The topological polar surface area (TPSA) is 64.1 Å². The Morgan fingerprint density at radius 2 is 1.88 bits per heavy atom. The second-order valence-electron chi connectivity index (χ2n) is 8.56. The fraction of sp³-hybridized carbons (Fsp3) is 0.269. The van der Waals surface area contributed by atoms with Crippen molar-refractivity contribution in [3.63, 3.8) is 0 Å². The summed E-state index contributed by atoms with van der Waals surface area (Å²) in [4.78, 5) is 22.8. The molecule has 0 radical (unpaired) electrons. The van der Waals surface area contributed by atoms with Gasteiger partial charge in [-0.15, -0.1) is 0 Å². The van der Waals surface area contributed by atoms with Crippen molar-refractivity contribution >= 4 is 33.3 Å². The normalized spacial score (nSPS) is 11.5. The summed E-state index contributed by atoms with van der Waals surface area (Å²) < 4.78 is 6.05. The summed E-state index contributed by atoms with van der Waals surface area (Å²) in [6.45, 7) is 10.5. The third kappa shape index (κ3) is 4.65. The maximum atomic E-state index is 12.9. The number of benzene rings is 2. The van der Waals surface area contributed by atoms with E-state index in [1.807, 2.05) is 62.4 Å². The average Bonchev–Trinajstić information content (AvgIpc) is 3.15. The first-order valence-electron chi connectivity index (χ1n) is 10.7. The van der Waals surface area contributed by atoms with E-state index < -0.39 is 0 Å². The summed E-state index contributed by atoms with van der Waals surface area (Å²) in [6.07, 6.45) is 0.998. The molecule has 1 amide bonds. The molecule has 164 valence electrons. The quantitative estimate of drug-likeness (QED) is 0.346. The molecule has 0 aliphatic heterocycles. The molecule has 1 N–H and O–H groups in total. The van der Waals surface area contributed by atoms with Crippen LogP contribution in [-0.2, 0) is 5.41 Å². The summed E-state index contributed by atoms with van der Waals surface area (Å²) in [5, 5.41) is 3.96. The van der Waals surface area contributed by atoms with E-state index in [0.717, 1.165) is 32.9 Å². The van der Waals surface area contributed by atoms with Crippen LogP contribution in [0.2, 0.25) is 0 Å². The first-order valence-corrected chi connectivity index (χ1v) is 11.5. The van der Waals surface area contributed by atoms with Gasteiger partial charge < -0.3 is 10.1 Å². The monoisotopic (exact) mass is 445 g/mol. The zero-order valence-corrected chi connectivity index (χ0v) is 19.8. The zero-order valence-electron chi connectivity index (χ0n) is 19.0. The Hall–Kier alpha value is -3.25. The van der Waals surface area contributed by atoms with E-state index in [1.54, 1.807) is 0 Å². The minimum absolute atomic E-state index is 0.0197. The molecule has 0 atom stereocenters. The molecule has 0 aliphatic carbocycles. The summed E-state index contributed by atoms with van der Waals surface area (Å²) in [7, 11) is 0. The molecule has 2 heterocycles. The van der Waals surface area contributed by atoms with Crippen LogP contribution in [0.4, 0.5) is 5.69 Å². The molecule has 5 nitrogen and oxygen atoms in total. The lowest BCUT2D eigenvalue weighted by Gasteiger charge is -2.23. The number of aromatic nitrogens is 2. The highest BCUT2D eigenvalue weighted by Crippen LogP contribution is 2.30. The first kappa shape index (κ1) is 22.0. The number of anilines is 1. The SMILES string of the molecule is CCC(C)(C)c1cccc(C(=O)Nc2ccc(C)c(Oc3ccc4nc(C)sc4n3)c2)c1. The van der Waals surface area contributed by atoms with Crippen molar-refractivity contribution in [1.29, 1.82) is 0 Å². The molecule has 2 aromatic carbocycles. The predicted molar refractivity (Wildman–Crippen MR) is 131 cm³/mol. The Morgan fingerprint density at radius 1 is 1.06 bits per heavy atom. The van der Waals surface area contributed by atoms with Crippen LogP contribution in [0, 0.1) is 13.8 Å². The maximum Gasteiger partial charge on any atom is 0.255 e. The highest BCUT2D eigenvalue weighted by atomic mass is 32.1. The Morgan fingerprint density at radius 3 is 2.66 bits per heavy atom. The number of carbonyl (C=O) groups is 1. The van der Waals surface area contributed by atoms with Gasteiger partial charge in [0.15, 0.2) is 0 Å². The molecule has 0 spiro atoms. The summed E-state index contributed by atoms with van der Waals surface area (Å²) in [5.41, 5.74) is 4.31. The number of fused-ring (bicyclic) bond motifs is 1. The molecule has 0 saturated carbocycles. The Balaban J connectivity index is 1.54. The summed E-state index contributed by atoms with van der Waals surface area (Å²) >= 11 is 1.54. The highest BCUT2D eigenvalue weighted by molar-refractivity contribution is 7.18. The van der Waals surface area contributed by atoms with Gasteiger partial charge in [0.2, 0.25) is 5.88 Å². The molecular weight excluding hydrogens is 418 g/mol. The van der Waals surface area contributed by atoms with Gasteiger partial charge in [-0.3, -0.25) is 4.79 Å². The number of hydrogen-bond donors (Lipinski definition) is 1. The number of aryl methyl sites for hydroxylation is 2. The van der Waals surface area contributed by atoms with Crippen LogP contribution in [0.3, 0.4) is 0 Å². The molecule has 0 saturated heterocycles. The van der Waals surface area contributed by atoms with Gasteiger partial charge >= 0.3 is 0 Å². The molecule has 0 bridgehead atoms. The smallest absolute Gasteiger partial charge is 0.255 e. The number of pyridine rings is 1. The Bertz CT molecular complexity index is 1290. The average molecular weight is 446 g/mol. The van der Waals surface area contributed by atoms with E-state index in [2.05, 4.69) is 42.1 Å². The van der Waals surface area contributed by atoms with Crippen molar-refractivity contribution in [3.05, 3.63) is 76.3 Å². The van der Waals surface area contributed by atoms with Gasteiger partial charge in [0.1, 0.15) is 16.1 Å². The van der Waals surface area contributed by atoms with Crippen molar-refractivity contribution in [1.82, 2.24) is 9.97 Å². The lowest BCUT2D eigenvalue weighted by molar-refractivity contribution is 0.102. The molecule has 2 aromatic heterocycles. The minimum Gasteiger partial charge on any atom is -0.439 e. The van der Waals surface area contributed by atoms with Crippen LogP contribution in [0.5, 0.6) is 11.6 Å². The van der Waals surface area contributed by atoms with Crippen molar-refractivity contribution < 1.29 is 9.53 Å². The number of hydrogen-bond acceptors (Lipinski definition) is 5. The molecule has 4 aromatic rings. The van der Waals surface area contributed by atoms with Gasteiger partial charge in [0.25, 0.3) is 5.91 Å². The van der Waals surface area contributed by atoms with E-state index in [-0.39, 0.29) is 11.3 Å². The maximum absolute atomic E-state index is 12.9. The van der Waals surface area contributed by atoms with Crippen molar-refractivity contribution in [2.24, 2.45) is 0 Å². The molecule has 32 heavy (non-hydrogen) atoms. The Labute approximate surface area is 192 Å². The van der Waals surface area contributed by atoms with Gasteiger partial charge in [-0.2, -0.15) is 0 Å². The van der Waals surface area contributed by atoms with Gasteiger partial charge in [-0.05, 0) is 61.1 Å². The minimum atomic E-state index is -0.145. The van der Waals surface area contributed by atoms with Gasteiger partial charge in [-0.25, -0.2) is 9.97 Å². The summed E-state index contributed by atoms with van der Waals surface area (Å²) in [6, 6.07) is 17.2. The lowest BCUT2D eigenvalue weighted by Crippen LogP contribution is -2.18. The fourth-order valence-electron chi connectivity index (χ4n) is 3.35. The van der Waals surface area contributed by atoms with Crippen molar-refractivity contribution in [3.8, 4) is 11.6 Å². The molecule has 0 fully saturated rings. The number of nitrogens with zero attached hydrogens (tertiary/aromatic N) is 2. The van der Waals surface area contributed by atoms with Gasteiger partial charge in [-0.1, -0.05) is 50.3 Å². The third-order valence-electron chi connectivity index (χ3n) is 5.79. The first-order chi connectivity index (χ1) is 15.2. The second-order valence-corrected chi connectivity index (χ2v) is 9.74. The molecule has 4 rings (SSSR count). The number of nitrogens with one attached hydrogen (secondary N) is 1. The van der Waals surface area contributed by atoms with Crippen LogP contribution in [0.1, 0.15) is 53.7 Å². The molecule has 0 unspecified atom stereocenters. The Kier molecular flexibility index (Phi) is 5.98. The summed E-state index contributed by atoms with van der Waals surface area (Å²) in [5.74, 6) is 1.01. The second kappa shape index (κ2) is 8.71. The number of thiazole rings is 1. The third-order valence-corrected chi connectivity index (χ3v) is 6.67. The standard InChI is InChI=1S/C26H27N3O2S/c1-6-26(4,5)19-9-7-8-18(14-19)24(30)28-20-11-10-16(2)22(15-20)31-23-13-12-21-25(29-23)32-17(3)27-21/h7-15H,6H2,1-5H3,(H,28,30). The zero-order chi connectivity index (χ0) is 22.9. The van der Waals surface area contributed by atoms with Crippen LogP contribution in [0.25, 0.3) is 10.3 Å². The fourth-order valence-corrected chi connectivity index (χ4v) is 4.13. The number of rotatable bonds is 6. The molecule has 0 aliphatic rings. The highest BCUT2D eigenvalue weighted by Gasteiger charge is 2.19. The predicted octanol–water partition coefficient (Wildman–Crippen LogP) is 7.04. The van der Waals surface area contributed by atoms with Gasteiger partial charge in [0, 0.05) is 23.4 Å². The van der Waals surface area contributed by atoms with Crippen LogP contribution in [0.15, 0.2) is 54.6 Å².